The van der Waals surface area contributed by atoms with Crippen molar-refractivity contribution in [2.75, 3.05) is 4.90 Å². The fourth-order valence-corrected chi connectivity index (χ4v) is 8.30. The van der Waals surface area contributed by atoms with Gasteiger partial charge in [-0.2, -0.15) is 0 Å². The predicted molar refractivity (Wildman–Crippen MR) is 247 cm³/mol. The average Bonchev–Trinajstić information content (AvgIpc) is 3.94. The number of para-hydroxylation sites is 1. The molecule has 0 aliphatic heterocycles. The summed E-state index contributed by atoms with van der Waals surface area (Å²) in [4.78, 5) is 1.36. The van der Waals surface area contributed by atoms with Crippen LogP contribution in [-0.4, -0.2) is 0 Å². The molecule has 0 amide bonds. The van der Waals surface area contributed by atoms with Crippen LogP contribution in [0.5, 0.6) is 0 Å². The number of furan rings is 2. The van der Waals surface area contributed by atoms with Crippen molar-refractivity contribution >= 4 is 82.5 Å². The summed E-state index contributed by atoms with van der Waals surface area (Å²) in [7, 11) is 0. The Labute approximate surface area is 351 Å². The second-order valence-corrected chi connectivity index (χ2v) is 14.7. The van der Waals surface area contributed by atoms with Gasteiger partial charge in [0.1, 0.15) is 22.3 Å². The van der Waals surface area contributed by atoms with Crippen molar-refractivity contribution in [2.24, 2.45) is 0 Å². The Morgan fingerprint density at radius 1 is 0.339 bits per heavy atom. The van der Waals surface area contributed by atoms with Crippen LogP contribution in [0.25, 0.3) is 98.8 Å². The Kier molecular flexibility index (Phi) is 5.92. The maximum Gasteiger partial charge on any atom is 0.143 e. The van der Waals surface area contributed by atoms with Gasteiger partial charge in [-0.1, -0.05) is 139 Å². The number of benzene rings is 10. The highest BCUT2D eigenvalue weighted by atomic mass is 16.3. The lowest BCUT2D eigenvalue weighted by Crippen LogP contribution is -2.10. The minimum absolute atomic E-state index is 0.0607. The molecule has 0 radical (unpaired) electrons. The third-order valence-electron chi connectivity index (χ3n) is 11.2. The molecule has 0 unspecified atom stereocenters. The van der Waals surface area contributed by atoms with E-state index in [9.17, 15) is 11.0 Å². The summed E-state index contributed by atoms with van der Waals surface area (Å²) in [5.74, 6) is 0. The third-order valence-corrected chi connectivity index (χ3v) is 11.2. The Morgan fingerprint density at radius 2 is 0.915 bits per heavy atom. The molecule has 276 valence electrons. The summed E-state index contributed by atoms with van der Waals surface area (Å²) in [5.41, 5.74) is 4.95. The van der Waals surface area contributed by atoms with Gasteiger partial charge in [0.15, 0.2) is 0 Å². The summed E-state index contributed by atoms with van der Waals surface area (Å²) < 4.78 is 90.0. The molecule has 2 aromatic heterocycles. The molecule has 0 atom stereocenters. The minimum atomic E-state index is -0.438. The van der Waals surface area contributed by atoms with E-state index in [-0.39, 0.29) is 46.7 Å². The van der Waals surface area contributed by atoms with Crippen molar-refractivity contribution < 1.29 is 19.8 Å². The molecule has 0 bridgehead atoms. The molecule has 0 aliphatic rings. The van der Waals surface area contributed by atoms with Gasteiger partial charge in [-0.15, -0.1) is 0 Å². The smallest absolute Gasteiger partial charge is 0.143 e. The Morgan fingerprint density at radius 3 is 1.71 bits per heavy atom. The first kappa shape index (κ1) is 26.1. The molecule has 3 heteroatoms. The number of hydrogen-bond donors (Lipinski definition) is 0. The predicted octanol–water partition coefficient (Wildman–Crippen LogP) is 16.3. The van der Waals surface area contributed by atoms with Crippen LogP contribution < -0.4 is 4.90 Å². The monoisotopic (exact) mass is 761 g/mol. The molecule has 10 aromatic carbocycles. The zero-order chi connectivity index (χ0) is 45.8. The number of fused-ring (bicyclic) bond motifs is 9. The van der Waals surface area contributed by atoms with Crippen molar-refractivity contribution in [3.63, 3.8) is 0 Å². The highest BCUT2D eigenvalue weighted by Crippen LogP contribution is 2.45. The van der Waals surface area contributed by atoms with Crippen molar-refractivity contribution in [1.29, 1.82) is 0 Å². The average molecular weight is 762 g/mol. The van der Waals surface area contributed by atoms with Crippen LogP contribution in [0.1, 0.15) is 11.0 Å². The summed E-state index contributed by atoms with van der Waals surface area (Å²) in [6, 6.07) is 48.3. The summed E-state index contributed by atoms with van der Waals surface area (Å²) in [6.45, 7) is 0. The second-order valence-electron chi connectivity index (χ2n) is 14.7. The molecule has 59 heavy (non-hydrogen) atoms. The van der Waals surface area contributed by atoms with Crippen molar-refractivity contribution in [3.8, 4) is 33.4 Å². The van der Waals surface area contributed by atoms with Gasteiger partial charge < -0.3 is 13.7 Å². The minimum Gasteiger partial charge on any atom is -0.456 e. The first-order chi connectivity index (χ1) is 32.6. The van der Waals surface area contributed by atoms with Gasteiger partial charge >= 0.3 is 0 Å². The SMILES string of the molecule is [2H]c1c([2H])c(N(c2c([2H])c([2H])c(-c3ccc4oc5ccccc5c4c3)c([2H])c2[2H])c2cccc3oc4c5ccccc5ccc4c23)c([2H])c([2H])c1-c1cccc(-c2ccc3ccccc3c2)c1. The van der Waals surface area contributed by atoms with Crippen molar-refractivity contribution in [2.45, 2.75) is 0 Å². The first-order valence-electron chi connectivity index (χ1n) is 23.4. The molecule has 0 fully saturated rings. The number of nitrogens with zero attached hydrogens (tertiary/aromatic N) is 1. The maximum atomic E-state index is 9.77. The van der Waals surface area contributed by atoms with E-state index in [0.29, 0.717) is 49.9 Å². The zero-order valence-electron chi connectivity index (χ0n) is 39.4. The summed E-state index contributed by atoms with van der Waals surface area (Å²) in [5, 5.41) is 6.77. The molecular weight excluding hydrogens is 719 g/mol. The molecule has 12 rings (SSSR count). The van der Waals surface area contributed by atoms with Crippen LogP contribution in [0.4, 0.5) is 17.1 Å². The van der Waals surface area contributed by atoms with E-state index < -0.39 is 24.2 Å². The molecule has 0 saturated carbocycles. The number of anilines is 3. The van der Waals surface area contributed by atoms with Crippen LogP contribution in [0.2, 0.25) is 0 Å². The van der Waals surface area contributed by atoms with Gasteiger partial charge in [0.25, 0.3) is 0 Å². The zero-order valence-corrected chi connectivity index (χ0v) is 31.4. The molecular formula is C56H35NO2. The van der Waals surface area contributed by atoms with Crippen LogP contribution in [0.15, 0.2) is 221 Å². The Bertz CT molecular complexity index is 4000. The summed E-state index contributed by atoms with van der Waals surface area (Å²) in [6.07, 6.45) is 0. The van der Waals surface area contributed by atoms with E-state index in [2.05, 4.69) is 6.07 Å². The van der Waals surface area contributed by atoms with Crippen LogP contribution in [-0.2, 0) is 0 Å². The lowest BCUT2D eigenvalue weighted by molar-refractivity contribution is 0.669. The van der Waals surface area contributed by atoms with Gasteiger partial charge in [-0.25, -0.2) is 0 Å². The highest BCUT2D eigenvalue weighted by molar-refractivity contribution is 6.19. The molecule has 0 aliphatic carbocycles. The van der Waals surface area contributed by atoms with Crippen LogP contribution in [0, 0.1) is 0 Å². The molecule has 3 nitrogen and oxygen atoms in total. The largest absolute Gasteiger partial charge is 0.456 e. The van der Waals surface area contributed by atoms with E-state index in [1.807, 2.05) is 121 Å². The second kappa shape index (κ2) is 13.4. The third kappa shape index (κ3) is 5.59. The van der Waals surface area contributed by atoms with E-state index in [1.54, 1.807) is 36.4 Å². The van der Waals surface area contributed by atoms with Gasteiger partial charge in [-0.3, -0.25) is 0 Å². The lowest BCUT2D eigenvalue weighted by Gasteiger charge is -2.26. The van der Waals surface area contributed by atoms with Crippen molar-refractivity contribution in [1.82, 2.24) is 0 Å². The van der Waals surface area contributed by atoms with E-state index in [1.165, 1.54) is 4.90 Å². The first-order valence-corrected chi connectivity index (χ1v) is 19.4. The van der Waals surface area contributed by atoms with E-state index >= 15 is 0 Å². The fraction of sp³-hybridized carbons (Fsp3) is 0. The maximum absolute atomic E-state index is 9.77. The molecule has 2 heterocycles. The summed E-state index contributed by atoms with van der Waals surface area (Å²) >= 11 is 0. The van der Waals surface area contributed by atoms with Crippen LogP contribution >= 0.6 is 0 Å². The Hall–Kier alpha value is -7.88. The molecule has 12 aromatic rings. The molecule has 0 spiro atoms. The number of rotatable bonds is 6. The normalized spacial score (nSPS) is 13.6. The Balaban J connectivity index is 1.10. The number of hydrogen-bond acceptors (Lipinski definition) is 3. The van der Waals surface area contributed by atoms with Crippen LogP contribution in [0.3, 0.4) is 0 Å². The fourth-order valence-electron chi connectivity index (χ4n) is 8.30. The van der Waals surface area contributed by atoms with Crippen molar-refractivity contribution in [3.05, 3.63) is 212 Å². The van der Waals surface area contributed by atoms with E-state index in [0.717, 1.165) is 43.4 Å². The topological polar surface area (TPSA) is 29.5 Å². The van der Waals surface area contributed by atoms with Gasteiger partial charge in [0.2, 0.25) is 0 Å². The quantitative estimate of drug-likeness (QED) is 0.169. The van der Waals surface area contributed by atoms with Gasteiger partial charge in [-0.05, 0) is 122 Å². The molecule has 0 saturated heterocycles. The lowest BCUT2D eigenvalue weighted by atomic mass is 9.97. The molecule has 0 N–H and O–H groups in total. The van der Waals surface area contributed by atoms with E-state index in [4.69, 9.17) is 8.83 Å². The van der Waals surface area contributed by atoms with Gasteiger partial charge in [0.05, 0.1) is 22.0 Å². The highest BCUT2D eigenvalue weighted by Gasteiger charge is 2.21. The standard InChI is InChI=1S/C56H35NO2/c1-2-11-40-34-43(20-19-36(40)9-1)42-13-7-12-41(33-42)37-21-27-45(28-22-37)57(51-16-8-18-54-55(51)49-31-25-39-10-3-4-14-47(39)56(49)59-54)46-29-23-38(24-30-46)44-26-32-53-50(35-44)48-15-5-6-17-52(48)58-53/h1-35H/i21D,22D,23D,24D,27D,28D,29D,30D. The van der Waals surface area contributed by atoms with Gasteiger partial charge in [0, 0.05) is 32.9 Å².